The number of carbonyl (C=O) groups is 1. The zero-order valence-electron chi connectivity index (χ0n) is 7.92. The summed E-state index contributed by atoms with van der Waals surface area (Å²) in [5.74, 6) is -0.955. The average Bonchev–Trinajstić information content (AvgIpc) is 1.82. The Morgan fingerprint density at radius 3 is 2.50 bits per heavy atom. The van der Waals surface area contributed by atoms with Gasteiger partial charge in [-0.25, -0.2) is 0 Å². The molecule has 0 heterocycles. The zero-order valence-corrected chi connectivity index (χ0v) is 8.12. The van der Waals surface area contributed by atoms with Crippen LogP contribution in [0.3, 0.4) is 0 Å². The molecule has 0 aliphatic rings. The monoisotopic (exact) mass is 174 g/mol. The van der Waals surface area contributed by atoms with Gasteiger partial charge in [0, 0.05) is 0 Å². The number of hydrogen-bond donors (Lipinski definition) is 3. The largest absolute Gasteiger partial charge is 2.00 e. The fourth-order valence-corrected chi connectivity index (χ4v) is 0.461. The van der Waals surface area contributed by atoms with Gasteiger partial charge < -0.3 is 19.4 Å². The van der Waals surface area contributed by atoms with E-state index in [1.807, 2.05) is 0 Å². The molecule has 1 unspecified atom stereocenters. The van der Waals surface area contributed by atoms with Crippen LogP contribution in [0.5, 0.6) is 0 Å². The summed E-state index contributed by atoms with van der Waals surface area (Å²) in [6.07, 6.45) is 1.14. The minimum atomic E-state index is -0.955. The van der Waals surface area contributed by atoms with Crippen LogP contribution in [0.4, 0.5) is 0 Å². The van der Waals surface area contributed by atoms with E-state index < -0.39 is 12.0 Å². The Morgan fingerprint density at radius 1 is 1.70 bits per heavy atom. The molecule has 0 aromatic rings. The van der Waals surface area contributed by atoms with Crippen LogP contribution in [0.25, 0.3) is 0 Å². The molecule has 0 amide bonds. The normalized spacial score (nSPS) is 11.8. The van der Waals surface area contributed by atoms with Gasteiger partial charge >= 0.3 is 43.7 Å². The van der Waals surface area contributed by atoms with Gasteiger partial charge in [0.05, 0.1) is 0 Å². The maximum absolute atomic E-state index is 10.0. The van der Waals surface area contributed by atoms with Crippen LogP contribution < -0.4 is 11.5 Å². The van der Waals surface area contributed by atoms with E-state index in [1.165, 1.54) is 0 Å². The predicted octanol–water partition coefficient (Wildman–Crippen LogP) is -1.02. The van der Waals surface area contributed by atoms with E-state index >= 15 is 0 Å². The van der Waals surface area contributed by atoms with E-state index in [1.54, 1.807) is 0 Å². The molecule has 0 aliphatic carbocycles. The third kappa shape index (κ3) is 6.77. The second-order valence-electron chi connectivity index (χ2n) is 1.88. The number of carboxylic acids is 1. The third-order valence-electron chi connectivity index (χ3n) is 1.04. The summed E-state index contributed by atoms with van der Waals surface area (Å²) in [7, 11) is 0. The third-order valence-corrected chi connectivity index (χ3v) is 1.04. The molecule has 5 N–H and O–H groups in total. The first-order valence-corrected chi connectivity index (χ1v) is 2.87. The van der Waals surface area contributed by atoms with Gasteiger partial charge in [0.25, 0.3) is 0 Å². The van der Waals surface area contributed by atoms with Crippen LogP contribution in [0, 0.1) is 0 Å². The van der Waals surface area contributed by atoms with Gasteiger partial charge in [-0.1, -0.05) is 0 Å². The van der Waals surface area contributed by atoms with Gasteiger partial charge in [-0.3, -0.25) is 4.79 Å². The van der Waals surface area contributed by atoms with Crippen molar-refractivity contribution < 1.29 is 12.8 Å². The number of carboxylic acid groups (broad SMARTS) is 1. The van der Waals surface area contributed by atoms with Crippen molar-refractivity contribution in [3.05, 3.63) is 0 Å². The van der Waals surface area contributed by atoms with Crippen LogP contribution in [0.15, 0.2) is 0 Å². The van der Waals surface area contributed by atoms with Crippen molar-refractivity contribution in [2.75, 3.05) is 6.54 Å². The Labute approximate surface area is 92.9 Å². The van der Waals surface area contributed by atoms with Crippen molar-refractivity contribution in [1.82, 2.24) is 0 Å². The molecular weight excluding hydrogens is 160 g/mol. The smallest absolute Gasteiger partial charge is 1.00 e. The first kappa shape index (κ1) is 13.3. The molecule has 0 aromatic carbocycles. The summed E-state index contributed by atoms with van der Waals surface area (Å²) in [6, 6.07) is -0.742. The number of hydrogen-bond acceptors (Lipinski definition) is 3. The van der Waals surface area contributed by atoms with Crippen LogP contribution >= 0.6 is 0 Å². The second kappa shape index (κ2) is 7.75. The van der Waals surface area contributed by atoms with E-state index in [2.05, 4.69) is 0 Å². The van der Waals surface area contributed by atoms with Crippen molar-refractivity contribution in [2.24, 2.45) is 11.5 Å². The molecule has 10 heavy (non-hydrogen) atoms. The van der Waals surface area contributed by atoms with Crippen LogP contribution in [0.2, 0.25) is 0 Å². The number of rotatable bonds is 4. The van der Waals surface area contributed by atoms with Gasteiger partial charge in [-0.05, 0) is 19.4 Å². The second-order valence-corrected chi connectivity index (χ2v) is 1.88. The van der Waals surface area contributed by atoms with Gasteiger partial charge in [0.15, 0.2) is 0 Å². The van der Waals surface area contributed by atoms with Crippen LogP contribution in [-0.2, 0) is 4.79 Å². The van der Waals surface area contributed by atoms with E-state index in [9.17, 15) is 4.79 Å². The van der Waals surface area contributed by atoms with Crippen LogP contribution in [-0.4, -0.2) is 61.4 Å². The van der Waals surface area contributed by atoms with Crippen LogP contribution in [0.1, 0.15) is 15.7 Å². The van der Waals surface area contributed by atoms with Gasteiger partial charge in [0.1, 0.15) is 6.04 Å². The Balaban J connectivity index is -0.000000107. The summed E-state index contributed by atoms with van der Waals surface area (Å²) in [4.78, 5) is 10.0. The van der Waals surface area contributed by atoms with Crippen molar-refractivity contribution in [1.29, 1.82) is 0 Å². The molecule has 0 aromatic heterocycles. The van der Waals surface area contributed by atoms with E-state index in [-0.39, 0.29) is 40.6 Å². The van der Waals surface area contributed by atoms with Gasteiger partial charge in [0.2, 0.25) is 0 Å². The first-order chi connectivity index (χ1) is 4.18. The SMILES string of the molecule is NCCCC(N)C(=O)O.[Ca+2].[H-].[H-]. The fraction of sp³-hybridized carbons (Fsp3) is 0.800. The Hall–Kier alpha value is 0.650. The van der Waals surface area contributed by atoms with Gasteiger partial charge in [-0.15, -0.1) is 0 Å². The fourth-order valence-electron chi connectivity index (χ4n) is 0.461. The first-order valence-electron chi connectivity index (χ1n) is 2.87. The van der Waals surface area contributed by atoms with Crippen molar-refractivity contribution in [2.45, 2.75) is 18.9 Å². The molecule has 5 heteroatoms. The molecule has 0 saturated carbocycles. The average molecular weight is 174 g/mol. The number of aliphatic carboxylic acids is 1. The van der Waals surface area contributed by atoms with E-state index in [4.69, 9.17) is 16.6 Å². The quantitative estimate of drug-likeness (QED) is 0.476. The zero-order chi connectivity index (χ0) is 7.28. The molecule has 0 fully saturated rings. The summed E-state index contributed by atoms with van der Waals surface area (Å²) in [5, 5.41) is 8.24. The van der Waals surface area contributed by atoms with Crippen molar-refractivity contribution in [3.63, 3.8) is 0 Å². The topological polar surface area (TPSA) is 89.3 Å². The van der Waals surface area contributed by atoms with Gasteiger partial charge in [-0.2, -0.15) is 0 Å². The maximum atomic E-state index is 10.0. The van der Waals surface area contributed by atoms with Crippen molar-refractivity contribution in [3.8, 4) is 0 Å². The summed E-state index contributed by atoms with van der Waals surface area (Å²) < 4.78 is 0. The molecule has 0 rings (SSSR count). The molecule has 0 spiro atoms. The predicted molar refractivity (Wildman–Crippen MR) is 41.9 cm³/mol. The molecule has 0 radical (unpaired) electrons. The molecular formula is C5H14CaN2O2. The standard InChI is InChI=1S/C5H12N2O2.Ca.2H/c6-3-1-2-4(7)5(8)9;;;/h4H,1-3,6-7H2,(H,8,9);;;/q;+2;2*-1. The summed E-state index contributed by atoms with van der Waals surface area (Å²) in [6.45, 7) is 0.501. The number of nitrogens with two attached hydrogens (primary N) is 2. The Morgan fingerprint density at radius 2 is 2.20 bits per heavy atom. The van der Waals surface area contributed by atoms with E-state index in [0.29, 0.717) is 19.4 Å². The molecule has 0 saturated heterocycles. The molecule has 4 nitrogen and oxygen atoms in total. The molecule has 58 valence electrons. The molecule has 0 aliphatic heterocycles. The minimum Gasteiger partial charge on any atom is -1.00 e. The van der Waals surface area contributed by atoms with E-state index in [0.717, 1.165) is 0 Å². The van der Waals surface area contributed by atoms with Crippen molar-refractivity contribution >= 4 is 43.7 Å². The Kier molecular flexibility index (Phi) is 10.3. The minimum absolute atomic E-state index is 0. The Bertz CT molecular complexity index is 107. The molecule has 1 atom stereocenters. The summed E-state index contributed by atoms with van der Waals surface area (Å²) >= 11 is 0. The molecule has 0 bridgehead atoms. The summed E-state index contributed by atoms with van der Waals surface area (Å²) in [5.41, 5.74) is 10.3. The maximum Gasteiger partial charge on any atom is 2.00 e.